The van der Waals surface area contributed by atoms with Crippen LogP contribution in [0.15, 0.2) is 28.3 Å². The van der Waals surface area contributed by atoms with Gasteiger partial charge in [-0.3, -0.25) is 0 Å². The first-order valence-corrected chi connectivity index (χ1v) is 8.22. The fourth-order valence-corrected chi connectivity index (χ4v) is 3.54. The summed E-state index contributed by atoms with van der Waals surface area (Å²) in [6.07, 6.45) is 0. The van der Waals surface area contributed by atoms with Gasteiger partial charge in [0.15, 0.2) is 0 Å². The number of nitrogens with zero attached hydrogens (tertiary/aromatic N) is 2. The maximum atomic E-state index is 12.7. The van der Waals surface area contributed by atoms with Crippen molar-refractivity contribution in [3.05, 3.63) is 29.3 Å². The average Bonchev–Trinajstić information content (AvgIpc) is 2.45. The molecule has 0 bridgehead atoms. The fourth-order valence-electron chi connectivity index (χ4n) is 1.92. The van der Waals surface area contributed by atoms with E-state index in [1.54, 1.807) is 32.0 Å². The highest BCUT2D eigenvalue weighted by molar-refractivity contribution is 7.89. The van der Waals surface area contributed by atoms with E-state index in [-0.39, 0.29) is 23.2 Å². The van der Waals surface area contributed by atoms with Crippen molar-refractivity contribution in [1.29, 1.82) is 0 Å². The topological polar surface area (TPSA) is 96.0 Å². The van der Waals surface area contributed by atoms with Crippen molar-refractivity contribution < 1.29 is 13.6 Å². The van der Waals surface area contributed by atoms with Crippen LogP contribution in [0.25, 0.3) is 0 Å². The zero-order chi connectivity index (χ0) is 16.2. The van der Waals surface area contributed by atoms with E-state index < -0.39 is 10.0 Å². The molecule has 0 aliphatic carbocycles. The van der Waals surface area contributed by atoms with Crippen molar-refractivity contribution in [2.24, 2.45) is 16.8 Å². The molecule has 1 atom stereocenters. The first-order valence-electron chi connectivity index (χ1n) is 6.78. The van der Waals surface area contributed by atoms with E-state index in [0.29, 0.717) is 6.54 Å². The second-order valence-electron chi connectivity index (χ2n) is 5.13. The molecule has 0 aliphatic rings. The van der Waals surface area contributed by atoms with Gasteiger partial charge >= 0.3 is 0 Å². The van der Waals surface area contributed by atoms with Crippen LogP contribution in [-0.4, -0.2) is 36.9 Å². The molecule has 118 valence electrons. The van der Waals surface area contributed by atoms with Gasteiger partial charge in [-0.2, -0.15) is 4.31 Å². The normalized spacial score (nSPS) is 14.4. The quantitative estimate of drug-likeness (QED) is 0.361. The van der Waals surface area contributed by atoms with Crippen LogP contribution in [0.2, 0.25) is 0 Å². The summed E-state index contributed by atoms with van der Waals surface area (Å²) in [7, 11) is -3.59. The number of nitrogens with two attached hydrogens (primary N) is 1. The van der Waals surface area contributed by atoms with E-state index in [1.807, 2.05) is 13.8 Å². The van der Waals surface area contributed by atoms with Crippen molar-refractivity contribution in [1.82, 2.24) is 4.31 Å². The lowest BCUT2D eigenvalue weighted by molar-refractivity contribution is 0.311. The Morgan fingerprint density at radius 2 is 2.00 bits per heavy atom. The van der Waals surface area contributed by atoms with Crippen molar-refractivity contribution in [3.63, 3.8) is 0 Å². The highest BCUT2D eigenvalue weighted by Gasteiger charge is 2.26. The number of benzene rings is 1. The Kier molecular flexibility index (Phi) is 5.74. The first-order chi connectivity index (χ1) is 9.73. The molecule has 0 saturated heterocycles. The Balaban J connectivity index is 3.10. The molecular weight excluding hydrogens is 290 g/mol. The maximum absolute atomic E-state index is 12.7. The number of sulfonamides is 1. The standard InChI is InChI=1S/C14H23N3O3S/c1-5-17(9-12(4)14(15)16-18)21(19,20)13-7-6-10(2)11(3)8-13/h6-8,12,18H,5,9H2,1-4H3,(H2,15,16). The zero-order valence-electron chi connectivity index (χ0n) is 12.9. The molecule has 0 aliphatic heterocycles. The van der Waals surface area contributed by atoms with E-state index in [4.69, 9.17) is 10.9 Å². The Hall–Kier alpha value is -1.60. The summed E-state index contributed by atoms with van der Waals surface area (Å²) in [5.74, 6) is -0.347. The summed E-state index contributed by atoms with van der Waals surface area (Å²) < 4.78 is 26.6. The molecule has 7 heteroatoms. The van der Waals surface area contributed by atoms with E-state index in [2.05, 4.69) is 5.16 Å². The first kappa shape index (κ1) is 17.5. The third-order valence-corrected chi connectivity index (χ3v) is 5.50. The number of amidine groups is 1. The van der Waals surface area contributed by atoms with E-state index >= 15 is 0 Å². The molecule has 1 rings (SSSR count). The highest BCUT2D eigenvalue weighted by atomic mass is 32.2. The van der Waals surface area contributed by atoms with Crippen LogP contribution >= 0.6 is 0 Å². The predicted molar refractivity (Wildman–Crippen MR) is 82.9 cm³/mol. The molecule has 1 aromatic rings. The number of hydrogen-bond donors (Lipinski definition) is 2. The van der Waals surface area contributed by atoms with Crippen LogP contribution in [0, 0.1) is 19.8 Å². The summed E-state index contributed by atoms with van der Waals surface area (Å²) in [4.78, 5) is 0.263. The summed E-state index contributed by atoms with van der Waals surface area (Å²) >= 11 is 0. The Labute approximate surface area is 126 Å². The van der Waals surface area contributed by atoms with E-state index in [9.17, 15) is 8.42 Å². The van der Waals surface area contributed by atoms with Gasteiger partial charge in [-0.25, -0.2) is 8.42 Å². The van der Waals surface area contributed by atoms with Gasteiger partial charge < -0.3 is 10.9 Å². The molecular formula is C14H23N3O3S. The molecule has 6 nitrogen and oxygen atoms in total. The van der Waals surface area contributed by atoms with Gasteiger partial charge in [0.25, 0.3) is 0 Å². The smallest absolute Gasteiger partial charge is 0.243 e. The van der Waals surface area contributed by atoms with E-state index in [0.717, 1.165) is 11.1 Å². The minimum Gasteiger partial charge on any atom is -0.409 e. The summed E-state index contributed by atoms with van der Waals surface area (Å²) in [5, 5.41) is 11.6. The van der Waals surface area contributed by atoms with E-state index in [1.165, 1.54) is 4.31 Å². The van der Waals surface area contributed by atoms with Gasteiger partial charge in [0.2, 0.25) is 10.0 Å². The van der Waals surface area contributed by atoms with Crippen LogP contribution < -0.4 is 5.73 Å². The fraction of sp³-hybridized carbons (Fsp3) is 0.500. The summed E-state index contributed by atoms with van der Waals surface area (Å²) in [5.41, 5.74) is 7.49. The van der Waals surface area contributed by atoms with Crippen molar-refractivity contribution >= 4 is 15.9 Å². The van der Waals surface area contributed by atoms with Gasteiger partial charge in [-0.1, -0.05) is 25.1 Å². The lowest BCUT2D eigenvalue weighted by atomic mass is 10.1. The largest absolute Gasteiger partial charge is 0.409 e. The van der Waals surface area contributed by atoms with Gasteiger partial charge in [0, 0.05) is 19.0 Å². The molecule has 0 heterocycles. The Morgan fingerprint density at radius 1 is 1.38 bits per heavy atom. The van der Waals surface area contributed by atoms with Gasteiger partial charge in [-0.15, -0.1) is 0 Å². The molecule has 0 amide bonds. The molecule has 0 radical (unpaired) electrons. The Bertz CT molecular complexity index is 626. The highest BCUT2D eigenvalue weighted by Crippen LogP contribution is 2.20. The number of hydrogen-bond acceptors (Lipinski definition) is 4. The third kappa shape index (κ3) is 3.95. The second-order valence-corrected chi connectivity index (χ2v) is 7.07. The van der Waals surface area contributed by atoms with Crippen LogP contribution in [0.1, 0.15) is 25.0 Å². The van der Waals surface area contributed by atoms with Gasteiger partial charge in [-0.05, 0) is 37.1 Å². The second kappa shape index (κ2) is 6.91. The van der Waals surface area contributed by atoms with Crippen molar-refractivity contribution in [2.45, 2.75) is 32.6 Å². The van der Waals surface area contributed by atoms with Crippen LogP contribution in [0.3, 0.4) is 0 Å². The number of oxime groups is 1. The zero-order valence-corrected chi connectivity index (χ0v) is 13.7. The molecule has 3 N–H and O–H groups in total. The van der Waals surface area contributed by atoms with Gasteiger partial charge in [0.1, 0.15) is 5.84 Å². The third-order valence-electron chi connectivity index (χ3n) is 3.57. The minimum absolute atomic E-state index is 0.0173. The van der Waals surface area contributed by atoms with Crippen LogP contribution in [0.5, 0.6) is 0 Å². The monoisotopic (exact) mass is 313 g/mol. The molecule has 0 aromatic heterocycles. The molecule has 0 fully saturated rings. The Morgan fingerprint density at radius 3 is 2.48 bits per heavy atom. The maximum Gasteiger partial charge on any atom is 0.243 e. The molecule has 21 heavy (non-hydrogen) atoms. The molecule has 1 aromatic carbocycles. The average molecular weight is 313 g/mol. The lowest BCUT2D eigenvalue weighted by Gasteiger charge is -2.23. The number of rotatable bonds is 6. The van der Waals surface area contributed by atoms with Gasteiger partial charge in [0.05, 0.1) is 4.90 Å². The minimum atomic E-state index is -3.59. The summed E-state index contributed by atoms with van der Waals surface area (Å²) in [6.45, 7) is 7.78. The number of aryl methyl sites for hydroxylation is 2. The molecule has 1 unspecified atom stereocenters. The SMILES string of the molecule is CCN(CC(C)C(N)=NO)S(=O)(=O)c1ccc(C)c(C)c1. The van der Waals surface area contributed by atoms with Crippen molar-refractivity contribution in [2.75, 3.05) is 13.1 Å². The van der Waals surface area contributed by atoms with Crippen LogP contribution in [-0.2, 0) is 10.0 Å². The lowest BCUT2D eigenvalue weighted by Crippen LogP contribution is -2.38. The van der Waals surface area contributed by atoms with Crippen molar-refractivity contribution in [3.8, 4) is 0 Å². The summed E-state index contributed by atoms with van der Waals surface area (Å²) in [6, 6.07) is 5.07. The molecule has 0 saturated carbocycles. The predicted octanol–water partition coefficient (Wildman–Crippen LogP) is 1.70. The molecule has 0 spiro atoms. The van der Waals surface area contributed by atoms with Crippen LogP contribution in [0.4, 0.5) is 0 Å².